The molecule has 2 fully saturated rings. The van der Waals surface area contributed by atoms with Gasteiger partial charge in [-0.25, -0.2) is 15.6 Å². The number of aliphatic carboxylic acids is 2. The van der Waals surface area contributed by atoms with E-state index in [2.05, 4.69) is 32.1 Å². The highest BCUT2D eigenvalue weighted by Crippen LogP contribution is 2.19. The zero-order valence-corrected chi connectivity index (χ0v) is 19.4. The first-order valence-corrected chi connectivity index (χ1v) is 11.0. The maximum atomic E-state index is 12.7. The zero-order valence-electron chi connectivity index (χ0n) is 19.4. The minimum atomic E-state index is -1.56. The maximum absolute atomic E-state index is 12.7. The molecule has 2 rings (SSSR count). The number of amides is 4. The average molecular weight is 501 g/mol. The van der Waals surface area contributed by atoms with Crippen LogP contribution in [-0.2, 0) is 28.8 Å². The van der Waals surface area contributed by atoms with Crippen molar-refractivity contribution in [3.05, 3.63) is 0 Å². The monoisotopic (exact) mass is 500 g/mol. The number of likely N-dealkylation sites (tertiary alicyclic amines) is 1. The Kier molecular flexibility index (Phi) is 9.88. The predicted octanol–water partition coefficient (Wildman–Crippen LogP) is -4.80. The largest absolute Gasteiger partial charge is 0.481 e. The van der Waals surface area contributed by atoms with Crippen LogP contribution in [0.2, 0.25) is 0 Å². The molecule has 2 saturated heterocycles. The normalized spacial score (nSPS) is 21.2. The minimum Gasteiger partial charge on any atom is -0.481 e. The Balaban J connectivity index is 1.95. The summed E-state index contributed by atoms with van der Waals surface area (Å²) in [5.74, 6) is -6.11. The van der Waals surface area contributed by atoms with Gasteiger partial charge in [0.25, 0.3) is 0 Å². The molecule has 0 saturated carbocycles. The molecule has 0 aromatic heterocycles. The van der Waals surface area contributed by atoms with Gasteiger partial charge in [0, 0.05) is 12.6 Å². The van der Waals surface area contributed by atoms with Crippen LogP contribution < -0.4 is 37.9 Å². The Morgan fingerprint density at radius 3 is 2.26 bits per heavy atom. The lowest BCUT2D eigenvalue weighted by Gasteiger charge is -2.24. The van der Waals surface area contributed by atoms with Gasteiger partial charge < -0.3 is 36.8 Å². The molecule has 10 N–H and O–H groups in total. The Morgan fingerprint density at radius 2 is 1.74 bits per heavy atom. The number of carbonyl (C=O) groups excluding carboxylic acids is 4. The van der Waals surface area contributed by atoms with Crippen molar-refractivity contribution in [2.75, 3.05) is 19.6 Å². The summed E-state index contributed by atoms with van der Waals surface area (Å²) < 4.78 is 0. The van der Waals surface area contributed by atoms with Gasteiger partial charge in [0.1, 0.15) is 24.4 Å². The van der Waals surface area contributed by atoms with E-state index in [1.165, 1.54) is 4.90 Å². The van der Waals surface area contributed by atoms with E-state index in [-0.39, 0.29) is 31.8 Å². The van der Waals surface area contributed by atoms with E-state index in [0.717, 1.165) is 0 Å². The Morgan fingerprint density at radius 1 is 1.09 bits per heavy atom. The van der Waals surface area contributed by atoms with Crippen LogP contribution >= 0.6 is 0 Å². The molecule has 2 aliphatic rings. The maximum Gasteiger partial charge on any atom is 0.326 e. The summed E-state index contributed by atoms with van der Waals surface area (Å²) in [7, 11) is 0. The zero-order chi connectivity index (χ0) is 26.3. The van der Waals surface area contributed by atoms with Gasteiger partial charge in [-0.15, -0.1) is 0 Å². The smallest absolute Gasteiger partial charge is 0.326 e. The molecule has 16 nitrogen and oxygen atoms in total. The molecule has 0 aromatic carbocycles. The first kappa shape index (κ1) is 27.9. The SMILES string of the molecule is CC(C)[C@H](NC(=O)[C@H](CC(=O)O)NC(=O)CNC(=O)[C@H]1C[C@H](NC2NN2)CN1C(=O)CN)C(=O)O. The van der Waals surface area contributed by atoms with E-state index in [1.54, 1.807) is 13.8 Å². The first-order chi connectivity index (χ1) is 16.4. The van der Waals surface area contributed by atoms with Crippen molar-refractivity contribution in [3.8, 4) is 0 Å². The Hall–Kier alpha value is -3.34. The first-order valence-electron chi connectivity index (χ1n) is 11.0. The molecule has 0 spiro atoms. The van der Waals surface area contributed by atoms with E-state index < -0.39 is 72.6 Å². The van der Waals surface area contributed by atoms with Crippen LogP contribution in [0, 0.1) is 5.92 Å². The van der Waals surface area contributed by atoms with Crippen LogP contribution in [0.5, 0.6) is 0 Å². The van der Waals surface area contributed by atoms with Crippen LogP contribution in [0.3, 0.4) is 0 Å². The third-order valence-electron chi connectivity index (χ3n) is 5.47. The summed E-state index contributed by atoms with van der Waals surface area (Å²) in [5, 5.41) is 28.2. The number of carbonyl (C=O) groups is 6. The fraction of sp³-hybridized carbons (Fsp3) is 0.684. The molecular formula is C19H32N8O8. The van der Waals surface area contributed by atoms with Gasteiger partial charge in [-0.05, 0) is 12.3 Å². The quantitative estimate of drug-likeness (QED) is 0.108. The van der Waals surface area contributed by atoms with Crippen LogP contribution in [0.15, 0.2) is 0 Å². The fourth-order valence-electron chi connectivity index (χ4n) is 3.64. The molecule has 16 heteroatoms. The van der Waals surface area contributed by atoms with E-state index in [1.807, 2.05) is 0 Å². The number of rotatable bonds is 13. The van der Waals surface area contributed by atoms with Gasteiger partial charge in [0.05, 0.1) is 19.5 Å². The summed E-state index contributed by atoms with van der Waals surface area (Å²) >= 11 is 0. The number of nitrogens with two attached hydrogens (primary N) is 1. The van der Waals surface area contributed by atoms with Gasteiger partial charge in [-0.2, -0.15) is 0 Å². The summed E-state index contributed by atoms with van der Waals surface area (Å²) in [6, 6.07) is -3.93. The summed E-state index contributed by atoms with van der Waals surface area (Å²) in [6.45, 7) is 2.45. The molecule has 2 heterocycles. The highest BCUT2D eigenvalue weighted by Gasteiger charge is 2.41. The number of hydrogen-bond acceptors (Lipinski definition) is 10. The number of hydrazine groups is 1. The van der Waals surface area contributed by atoms with Crippen molar-refractivity contribution in [1.29, 1.82) is 0 Å². The van der Waals surface area contributed by atoms with Crippen LogP contribution in [0.4, 0.5) is 0 Å². The topological polar surface area (TPSA) is 264 Å². The molecule has 0 unspecified atom stereocenters. The molecule has 35 heavy (non-hydrogen) atoms. The van der Waals surface area contributed by atoms with Gasteiger partial charge in [0.15, 0.2) is 0 Å². The average Bonchev–Trinajstić information content (AvgIpc) is 3.49. The lowest BCUT2D eigenvalue weighted by atomic mass is 10.0. The van der Waals surface area contributed by atoms with E-state index >= 15 is 0 Å². The predicted molar refractivity (Wildman–Crippen MR) is 118 cm³/mol. The second kappa shape index (κ2) is 12.4. The van der Waals surface area contributed by atoms with Crippen LogP contribution in [0.25, 0.3) is 0 Å². The third-order valence-corrected chi connectivity index (χ3v) is 5.47. The fourth-order valence-corrected chi connectivity index (χ4v) is 3.64. The number of carboxylic acid groups (broad SMARTS) is 2. The van der Waals surface area contributed by atoms with Gasteiger partial charge in [-0.3, -0.25) is 29.3 Å². The number of carboxylic acids is 2. The highest BCUT2D eigenvalue weighted by molar-refractivity contribution is 5.95. The van der Waals surface area contributed by atoms with Gasteiger partial charge in [0.2, 0.25) is 23.6 Å². The lowest BCUT2D eigenvalue weighted by molar-refractivity contribution is -0.144. The Bertz CT molecular complexity index is 849. The third kappa shape index (κ3) is 8.43. The van der Waals surface area contributed by atoms with Crippen LogP contribution in [0.1, 0.15) is 26.7 Å². The summed E-state index contributed by atoms with van der Waals surface area (Å²) in [5.41, 5.74) is 11.1. The lowest BCUT2D eigenvalue weighted by Crippen LogP contribution is -2.55. The second-order valence-electron chi connectivity index (χ2n) is 8.59. The number of hydrogen-bond donors (Lipinski definition) is 9. The van der Waals surface area contributed by atoms with Gasteiger partial charge in [-0.1, -0.05) is 13.8 Å². The summed E-state index contributed by atoms with van der Waals surface area (Å²) in [6.07, 6.45) is -0.654. The van der Waals surface area contributed by atoms with E-state index in [0.29, 0.717) is 0 Å². The molecular weight excluding hydrogens is 468 g/mol. The van der Waals surface area contributed by atoms with Crippen molar-refractivity contribution in [3.63, 3.8) is 0 Å². The standard InChI is InChI=1S/C19H32N8O8/c1-8(2)15(18(34)35)24-16(32)10(4-14(30)31)23-12(28)6-21-17(33)11-3-9(22-19-25-26-19)7-27(11)13(29)5-20/h8-11,15,19,22,25-26H,3-7,20H2,1-2H3,(H,21,33)(H,23,28)(H,24,32)(H,30,31)(H,34,35)/t9-,10-,11+,15-/m0/s1. The Labute approximate surface area is 200 Å². The molecule has 196 valence electrons. The van der Waals surface area contributed by atoms with Crippen molar-refractivity contribution in [2.45, 2.75) is 57.1 Å². The van der Waals surface area contributed by atoms with Crippen molar-refractivity contribution in [1.82, 2.24) is 37.0 Å². The van der Waals surface area contributed by atoms with Crippen LogP contribution in [-0.4, -0.2) is 101 Å². The van der Waals surface area contributed by atoms with Gasteiger partial charge >= 0.3 is 11.9 Å². The molecule has 0 aromatic rings. The van der Waals surface area contributed by atoms with Crippen molar-refractivity contribution in [2.24, 2.45) is 11.7 Å². The molecule has 4 amide bonds. The van der Waals surface area contributed by atoms with E-state index in [9.17, 15) is 33.9 Å². The number of nitrogens with zero attached hydrogens (tertiary/aromatic N) is 1. The molecule has 4 atom stereocenters. The second-order valence-corrected chi connectivity index (χ2v) is 8.59. The number of nitrogens with one attached hydrogen (secondary N) is 6. The highest BCUT2D eigenvalue weighted by atomic mass is 16.4. The molecule has 0 aliphatic carbocycles. The van der Waals surface area contributed by atoms with Crippen molar-refractivity contribution < 1.29 is 39.0 Å². The minimum absolute atomic E-state index is 0.129. The molecule has 2 aliphatic heterocycles. The molecule has 0 bridgehead atoms. The van der Waals surface area contributed by atoms with Crippen molar-refractivity contribution >= 4 is 35.6 Å². The van der Waals surface area contributed by atoms with E-state index in [4.69, 9.17) is 10.8 Å². The summed E-state index contributed by atoms with van der Waals surface area (Å²) in [4.78, 5) is 73.4. The molecule has 0 radical (unpaired) electrons.